The van der Waals surface area contributed by atoms with E-state index >= 15 is 0 Å². The molecule has 0 saturated carbocycles. The lowest BCUT2D eigenvalue weighted by Crippen LogP contribution is -2.22. The SMILES string of the molecule is O=C(Nc1ccc2c(c1)CN(Cc1ccc(N3CCCC3)o1)CCC2)c1cncs1. The van der Waals surface area contributed by atoms with Gasteiger partial charge in [-0.1, -0.05) is 6.07 Å². The first kappa shape index (κ1) is 19.3. The van der Waals surface area contributed by atoms with E-state index < -0.39 is 0 Å². The van der Waals surface area contributed by atoms with Crippen LogP contribution in [0.25, 0.3) is 0 Å². The first-order chi connectivity index (χ1) is 14.7. The van der Waals surface area contributed by atoms with Crippen LogP contribution in [0.15, 0.2) is 46.5 Å². The van der Waals surface area contributed by atoms with Crippen molar-refractivity contribution in [1.82, 2.24) is 9.88 Å². The molecule has 0 radical (unpaired) electrons. The second-order valence-electron chi connectivity index (χ2n) is 8.05. The second kappa shape index (κ2) is 8.62. The molecule has 5 rings (SSSR count). The Hall–Kier alpha value is -2.64. The molecule has 3 aromatic rings. The summed E-state index contributed by atoms with van der Waals surface area (Å²) in [5.41, 5.74) is 5.16. The molecule has 0 aliphatic carbocycles. The molecule has 0 spiro atoms. The minimum atomic E-state index is -0.104. The maximum Gasteiger partial charge on any atom is 0.267 e. The van der Waals surface area contributed by atoms with Gasteiger partial charge in [-0.05, 0) is 61.6 Å². The van der Waals surface area contributed by atoms with Crippen LogP contribution in [0.4, 0.5) is 11.6 Å². The van der Waals surface area contributed by atoms with E-state index in [1.807, 2.05) is 6.07 Å². The maximum atomic E-state index is 12.4. The molecule has 1 fully saturated rings. The van der Waals surface area contributed by atoms with Gasteiger partial charge < -0.3 is 14.6 Å². The van der Waals surface area contributed by atoms with E-state index in [4.69, 9.17) is 4.42 Å². The molecule has 1 amide bonds. The minimum Gasteiger partial charge on any atom is -0.444 e. The molecule has 6 nitrogen and oxygen atoms in total. The van der Waals surface area contributed by atoms with Gasteiger partial charge in [-0.15, -0.1) is 11.3 Å². The van der Waals surface area contributed by atoms with Crippen LogP contribution in [0.3, 0.4) is 0 Å². The van der Waals surface area contributed by atoms with E-state index in [0.29, 0.717) is 4.88 Å². The second-order valence-corrected chi connectivity index (χ2v) is 8.94. The van der Waals surface area contributed by atoms with Gasteiger partial charge in [-0.25, -0.2) is 0 Å². The molecule has 1 N–H and O–H groups in total. The predicted octanol–water partition coefficient (Wildman–Crippen LogP) is 4.54. The Morgan fingerprint density at radius 1 is 1.10 bits per heavy atom. The summed E-state index contributed by atoms with van der Waals surface area (Å²) in [6.07, 6.45) is 6.29. The Balaban J connectivity index is 1.27. The van der Waals surface area contributed by atoms with Gasteiger partial charge >= 0.3 is 0 Å². The fourth-order valence-corrected chi connectivity index (χ4v) is 4.86. The molecular weight excluding hydrogens is 396 g/mol. The van der Waals surface area contributed by atoms with E-state index in [0.717, 1.165) is 62.9 Å². The first-order valence-electron chi connectivity index (χ1n) is 10.6. The molecule has 2 aliphatic heterocycles. The van der Waals surface area contributed by atoms with E-state index in [1.165, 1.54) is 35.3 Å². The number of nitrogens with zero attached hydrogens (tertiary/aromatic N) is 3. The van der Waals surface area contributed by atoms with E-state index in [1.54, 1.807) is 11.7 Å². The zero-order valence-corrected chi connectivity index (χ0v) is 17.8. The number of nitrogens with one attached hydrogen (secondary N) is 1. The summed E-state index contributed by atoms with van der Waals surface area (Å²) in [5, 5.41) is 3.00. The van der Waals surface area contributed by atoms with Crippen LogP contribution in [0.5, 0.6) is 0 Å². The van der Waals surface area contributed by atoms with Crippen molar-refractivity contribution in [3.8, 4) is 0 Å². The molecule has 0 unspecified atom stereocenters. The van der Waals surface area contributed by atoms with Crippen LogP contribution >= 0.6 is 11.3 Å². The lowest BCUT2D eigenvalue weighted by atomic mass is 10.0. The maximum absolute atomic E-state index is 12.4. The minimum absolute atomic E-state index is 0.104. The van der Waals surface area contributed by atoms with Crippen LogP contribution in [0.1, 0.15) is 45.8 Å². The lowest BCUT2D eigenvalue weighted by Gasteiger charge is -2.20. The number of benzene rings is 1. The quantitative estimate of drug-likeness (QED) is 0.654. The molecule has 2 aliphatic rings. The van der Waals surface area contributed by atoms with Gasteiger partial charge in [0.2, 0.25) is 0 Å². The summed E-state index contributed by atoms with van der Waals surface area (Å²) < 4.78 is 6.14. The Bertz CT molecular complexity index is 1010. The molecule has 0 atom stereocenters. The summed E-state index contributed by atoms with van der Waals surface area (Å²) in [6.45, 7) is 4.90. The van der Waals surface area contributed by atoms with Crippen molar-refractivity contribution in [2.45, 2.75) is 38.8 Å². The summed E-state index contributed by atoms with van der Waals surface area (Å²) in [6, 6.07) is 10.5. The fraction of sp³-hybridized carbons (Fsp3) is 0.391. The van der Waals surface area contributed by atoms with Crippen LogP contribution in [-0.2, 0) is 19.5 Å². The molecule has 2 aromatic heterocycles. The number of carbonyl (C=O) groups excluding carboxylic acids is 1. The summed E-state index contributed by atoms with van der Waals surface area (Å²) >= 11 is 1.35. The monoisotopic (exact) mass is 422 g/mol. The predicted molar refractivity (Wildman–Crippen MR) is 119 cm³/mol. The highest BCUT2D eigenvalue weighted by Gasteiger charge is 2.19. The van der Waals surface area contributed by atoms with Crippen molar-refractivity contribution in [2.75, 3.05) is 29.9 Å². The summed E-state index contributed by atoms with van der Waals surface area (Å²) in [4.78, 5) is 21.7. The molecule has 7 heteroatoms. The van der Waals surface area contributed by atoms with E-state index in [9.17, 15) is 4.79 Å². The number of fused-ring (bicyclic) bond motifs is 1. The number of amides is 1. The van der Waals surface area contributed by atoms with Crippen LogP contribution in [0.2, 0.25) is 0 Å². The first-order valence-corrected chi connectivity index (χ1v) is 11.5. The van der Waals surface area contributed by atoms with Gasteiger partial charge in [-0.3, -0.25) is 14.7 Å². The summed E-state index contributed by atoms with van der Waals surface area (Å²) in [5.74, 6) is 1.92. The van der Waals surface area contributed by atoms with Crippen molar-refractivity contribution in [3.05, 3.63) is 63.8 Å². The van der Waals surface area contributed by atoms with E-state index in [2.05, 4.69) is 44.4 Å². The zero-order chi connectivity index (χ0) is 20.3. The number of hydrogen-bond acceptors (Lipinski definition) is 6. The number of aromatic nitrogens is 1. The highest BCUT2D eigenvalue weighted by molar-refractivity contribution is 7.11. The molecule has 0 bridgehead atoms. The average molecular weight is 423 g/mol. The molecule has 1 aromatic carbocycles. The third-order valence-electron chi connectivity index (χ3n) is 5.88. The Kier molecular flexibility index (Phi) is 5.55. The molecule has 4 heterocycles. The van der Waals surface area contributed by atoms with Crippen LogP contribution < -0.4 is 10.2 Å². The third-order valence-corrected chi connectivity index (χ3v) is 6.65. The van der Waals surface area contributed by atoms with E-state index in [-0.39, 0.29) is 5.91 Å². The number of hydrogen-bond donors (Lipinski definition) is 1. The van der Waals surface area contributed by atoms with Gasteiger partial charge in [0.15, 0.2) is 5.88 Å². The average Bonchev–Trinajstić information content (AvgIpc) is 3.50. The number of furan rings is 1. The van der Waals surface area contributed by atoms with Gasteiger partial charge in [-0.2, -0.15) is 0 Å². The largest absolute Gasteiger partial charge is 0.444 e. The highest BCUT2D eigenvalue weighted by atomic mass is 32.1. The normalized spacial score (nSPS) is 17.0. The third kappa shape index (κ3) is 4.27. The van der Waals surface area contributed by atoms with Gasteiger partial charge in [0.25, 0.3) is 5.91 Å². The molecule has 30 heavy (non-hydrogen) atoms. The van der Waals surface area contributed by atoms with Crippen LogP contribution in [0, 0.1) is 0 Å². The zero-order valence-electron chi connectivity index (χ0n) is 17.0. The number of carbonyl (C=O) groups is 1. The topological polar surface area (TPSA) is 61.6 Å². The van der Waals surface area contributed by atoms with Gasteiger partial charge in [0, 0.05) is 31.4 Å². The molecule has 1 saturated heterocycles. The Morgan fingerprint density at radius 2 is 2.00 bits per heavy atom. The number of aryl methyl sites for hydroxylation is 1. The van der Waals surface area contributed by atoms with Crippen molar-refractivity contribution in [3.63, 3.8) is 0 Å². The Labute approximate surface area is 180 Å². The van der Waals surface area contributed by atoms with Gasteiger partial charge in [0.05, 0.1) is 18.3 Å². The van der Waals surface area contributed by atoms with Crippen molar-refractivity contribution in [2.24, 2.45) is 0 Å². The lowest BCUT2D eigenvalue weighted by molar-refractivity contribution is 0.103. The smallest absolute Gasteiger partial charge is 0.267 e. The van der Waals surface area contributed by atoms with Crippen LogP contribution in [-0.4, -0.2) is 35.4 Å². The van der Waals surface area contributed by atoms with Crippen molar-refractivity contribution < 1.29 is 9.21 Å². The number of rotatable bonds is 5. The van der Waals surface area contributed by atoms with Crippen molar-refractivity contribution >= 4 is 28.8 Å². The van der Waals surface area contributed by atoms with Gasteiger partial charge in [0.1, 0.15) is 10.6 Å². The Morgan fingerprint density at radius 3 is 2.83 bits per heavy atom. The number of anilines is 2. The molecule has 156 valence electrons. The fourth-order valence-electron chi connectivity index (χ4n) is 4.34. The van der Waals surface area contributed by atoms with Crippen molar-refractivity contribution in [1.29, 1.82) is 0 Å². The molecular formula is C23H26N4O2S. The number of thiazole rings is 1. The standard InChI is InChI=1S/C23H26N4O2S/c28-23(21-13-24-16-30-21)25-19-6-5-17-4-3-9-26(14-18(17)12-19)15-20-7-8-22(29-20)27-10-1-2-11-27/h5-8,12-13,16H,1-4,9-11,14-15H2,(H,25,28). The summed E-state index contributed by atoms with van der Waals surface area (Å²) in [7, 11) is 0. The highest BCUT2D eigenvalue weighted by Crippen LogP contribution is 2.27.